The summed E-state index contributed by atoms with van der Waals surface area (Å²) in [5.41, 5.74) is 0. The van der Waals surface area contributed by atoms with Gasteiger partial charge in [0, 0.05) is 82.4 Å². The molecule has 412 valence electrons. The molecule has 0 aromatic carbocycles. The predicted molar refractivity (Wildman–Crippen MR) is 301 cm³/mol. The van der Waals surface area contributed by atoms with Crippen LogP contribution in [0.4, 0.5) is 0 Å². The van der Waals surface area contributed by atoms with Crippen molar-refractivity contribution >= 4 is 122 Å². The first-order chi connectivity index (χ1) is 33.9. The summed E-state index contributed by atoms with van der Waals surface area (Å²) in [5, 5.41) is 21.1. The summed E-state index contributed by atoms with van der Waals surface area (Å²) in [7, 11) is 4.32. The summed E-state index contributed by atoms with van der Waals surface area (Å²) < 4.78 is 18.2. The minimum Gasteiger partial charge on any atom is -0.541 e. The van der Waals surface area contributed by atoms with Crippen LogP contribution in [0.3, 0.4) is 0 Å². The number of rotatable bonds is 40. The van der Waals surface area contributed by atoms with Gasteiger partial charge in [0.15, 0.2) is 0 Å². The molecule has 0 aromatic rings. The Morgan fingerprint density at radius 1 is 0.577 bits per heavy atom. The topological polar surface area (TPSA) is 190 Å². The molecule has 0 aliphatic heterocycles. The van der Waals surface area contributed by atoms with Crippen LogP contribution < -0.4 is 0 Å². The summed E-state index contributed by atoms with van der Waals surface area (Å²) in [4.78, 5) is 97.3. The Hall–Kier alpha value is 1.55. The van der Waals surface area contributed by atoms with Crippen molar-refractivity contribution in [3.63, 3.8) is 0 Å². The fourth-order valence-electron chi connectivity index (χ4n) is 6.68. The number of hydrogen-bond donors (Lipinski definition) is 2. The van der Waals surface area contributed by atoms with E-state index in [1.807, 2.05) is 29.8 Å². The Kier molecular flexibility index (Phi) is 64.0. The van der Waals surface area contributed by atoms with Crippen molar-refractivity contribution in [2.24, 2.45) is 0 Å². The van der Waals surface area contributed by atoms with Gasteiger partial charge in [-0.1, -0.05) is 39.8 Å². The molecular weight excluding hydrogens is 1550 g/mol. The summed E-state index contributed by atoms with van der Waals surface area (Å²) in [6.07, 6.45) is 16.4. The molecule has 71 heavy (non-hydrogen) atoms. The van der Waals surface area contributed by atoms with Crippen LogP contribution in [0.2, 0.25) is 0 Å². The second-order valence-electron chi connectivity index (χ2n) is 16.1. The average Bonchev–Trinajstić information content (AvgIpc) is 3.27. The summed E-state index contributed by atoms with van der Waals surface area (Å²) in [6.45, 7) is 14.0. The summed E-state index contributed by atoms with van der Waals surface area (Å²) >= 11 is 8.14. The maximum atomic E-state index is 12.4. The van der Waals surface area contributed by atoms with Crippen LogP contribution in [0.15, 0.2) is 0 Å². The van der Waals surface area contributed by atoms with Crippen LogP contribution in [-0.4, -0.2) is 201 Å². The van der Waals surface area contributed by atoms with Gasteiger partial charge in [-0.2, -0.15) is 47.0 Å². The molecule has 2 N–H and O–H groups in total. The maximum Gasteiger partial charge on any atom is 2.00 e. The Bertz CT molecular complexity index is 1430. The minimum absolute atomic E-state index is 0. The molecule has 2 aliphatic rings. The van der Waals surface area contributed by atoms with Crippen molar-refractivity contribution < 1.29 is 115 Å². The molecule has 0 spiro atoms. The first kappa shape index (κ1) is 76.8. The summed E-state index contributed by atoms with van der Waals surface area (Å²) in [5.74, 6) is 2.24. The van der Waals surface area contributed by atoms with Crippen molar-refractivity contribution in [2.75, 3.05) is 102 Å². The second-order valence-corrected chi connectivity index (χ2v) is 21.5. The van der Waals surface area contributed by atoms with Gasteiger partial charge in [-0.15, -0.1) is 0 Å². The fourth-order valence-corrected chi connectivity index (χ4v) is 13.0. The Balaban J connectivity index is -0.000000260. The fraction of sp³-hybridized carbons (Fsp3) is 0.766. The smallest absolute Gasteiger partial charge is 0.541 e. The minimum atomic E-state index is -1.05. The normalized spacial score (nSPS) is 16.9. The molecule has 24 heteroatoms. The third-order valence-electron chi connectivity index (χ3n) is 10.3. The van der Waals surface area contributed by atoms with E-state index in [4.69, 9.17) is 14.2 Å². The number of Topliss-reactive ketones (excluding diaryl/α,β-unsaturated/α-hetero) is 4. The van der Waals surface area contributed by atoms with Crippen molar-refractivity contribution in [1.29, 1.82) is 1.28 Å². The number of carbonyl (C=O) groups excluding carboxylic acids is 6. The molecular formula is C47H86N4O10P3S4W3-. The number of nitrogens with zero attached hydrogens (tertiary/aromatic N) is 4. The van der Waals surface area contributed by atoms with E-state index in [1.165, 1.54) is 99.8 Å². The van der Waals surface area contributed by atoms with Crippen molar-refractivity contribution in [3.8, 4) is 0 Å². The monoisotopic (exact) mass is 1650 g/mol. The van der Waals surface area contributed by atoms with E-state index in [-0.39, 0.29) is 161 Å². The van der Waals surface area contributed by atoms with Crippen molar-refractivity contribution in [3.05, 3.63) is 19.9 Å². The molecule has 0 bridgehead atoms. The number of carbonyl (C=O) groups is 6. The Morgan fingerprint density at radius 2 is 0.845 bits per heavy atom. The number of carboxylic acid groups (broad SMARTS) is 2. The van der Waals surface area contributed by atoms with E-state index < -0.39 is 11.9 Å². The van der Waals surface area contributed by atoms with Crippen LogP contribution in [0.5, 0.6) is 0 Å². The molecule has 2 aliphatic carbocycles. The first-order valence-corrected chi connectivity index (χ1v) is 29.5. The molecule has 2 saturated carbocycles. The zero-order chi connectivity index (χ0) is 54.2. The number of carboxylic acids is 2. The number of ketones is 4. The molecule has 0 aromatic heterocycles. The van der Waals surface area contributed by atoms with Gasteiger partial charge in [-0.25, -0.2) is 15.3 Å². The summed E-state index contributed by atoms with van der Waals surface area (Å²) in [6, 6.07) is 0. The van der Waals surface area contributed by atoms with Crippen LogP contribution in [0.25, 0.3) is 0 Å². The van der Waals surface area contributed by atoms with Crippen molar-refractivity contribution in [1.82, 2.24) is 19.6 Å². The number of unbranched alkanes of at least 4 members (excludes halogenated alkanes) is 2. The molecule has 0 amide bonds. The van der Waals surface area contributed by atoms with Gasteiger partial charge in [-0.3, -0.25) is 38.6 Å². The third kappa shape index (κ3) is 49.6. The van der Waals surface area contributed by atoms with E-state index >= 15 is 0 Å². The van der Waals surface area contributed by atoms with Gasteiger partial charge in [0.2, 0.25) is 0 Å². The standard InChI is InChI=1S/C22H38N2O6S2.C22H36N2O4S2.3CH4P.3W/c1-3-4-11-31-19-7-8-20(19)32-12-5-6-18(26)14-24(16-22(29)30)10-9-23(13-17(2)25)15-21(27)28;1-3-4-15-29-21-7-8-22(21)30-16-5-6-20(28)18-24(12-14-26)10-9-23(11-13-25)17-19(2)27;3*1-2;;;/h19-20H,3-16H2,1-2H3,(H,27,28)(H,29,30);21-22H,3-12,15-18H2,1-2H3;3*1-2H2;;;/q;-2;3*-1;;2*+2/i;;2T;2*1T;;;. The largest absolute Gasteiger partial charge is 2.00 e. The van der Waals surface area contributed by atoms with Crippen LogP contribution in [0, 0.1) is 19.9 Å². The van der Waals surface area contributed by atoms with E-state index in [2.05, 4.69) is 62.5 Å². The number of aliphatic carboxylic acids is 2. The molecule has 2 rings (SSSR count). The van der Waals surface area contributed by atoms with Gasteiger partial charge in [-0.05, 0) is 88.2 Å². The first-order valence-electron chi connectivity index (χ1n) is 24.9. The van der Waals surface area contributed by atoms with E-state index in [0.29, 0.717) is 31.2 Å². The predicted octanol–water partition coefficient (Wildman–Crippen LogP) is 6.99. The molecule has 2 fully saturated rings. The van der Waals surface area contributed by atoms with E-state index in [1.54, 1.807) is 16.1 Å². The van der Waals surface area contributed by atoms with Gasteiger partial charge in [0.05, 0.1) is 39.3 Å². The van der Waals surface area contributed by atoms with Gasteiger partial charge in [0.1, 0.15) is 23.1 Å². The van der Waals surface area contributed by atoms with Gasteiger partial charge in [0.25, 0.3) is 0 Å². The zero-order valence-corrected chi connectivity index (χ0v) is 57.8. The van der Waals surface area contributed by atoms with Crippen LogP contribution in [-0.2, 0) is 102 Å². The second kappa shape index (κ2) is 59.2. The van der Waals surface area contributed by atoms with Crippen molar-refractivity contribution in [2.45, 2.75) is 126 Å². The molecule has 0 saturated heterocycles. The van der Waals surface area contributed by atoms with Crippen LogP contribution in [0.1, 0.15) is 107 Å². The van der Waals surface area contributed by atoms with Crippen LogP contribution >= 0.6 is 74.7 Å². The van der Waals surface area contributed by atoms with Gasteiger partial charge < -0.3 is 77.2 Å². The Morgan fingerprint density at radius 3 is 1.13 bits per heavy atom. The molecule has 7 unspecified atom stereocenters. The quantitative estimate of drug-likeness (QED) is 0.0362. The van der Waals surface area contributed by atoms with E-state index in [0.717, 1.165) is 40.1 Å². The molecule has 7 atom stereocenters. The SMILES string of the molecule is CCCCSC1CCC1SCCCC(=O)CN(CCN(CC(C)=O)CC(=O)O)CC(=O)O.CCCCSC1CCC1SCCCC(=O)CN(C[C-]=O)CCN(C[C-]=O)CC(C)=O.[3H]P[CH2-].[3H][CH-]P.[3H][CH-]P.[W+2].[W+2].[W]. The Labute approximate surface area is 500 Å². The number of hydrogen-bond acceptors (Lipinski definition) is 16. The third-order valence-corrected chi connectivity index (χ3v) is 16.7. The van der Waals surface area contributed by atoms with Gasteiger partial charge >= 0.3 is 54.1 Å². The average molecular weight is 1650 g/mol. The molecule has 14 nitrogen and oxygen atoms in total. The van der Waals surface area contributed by atoms with E-state index in [9.17, 15) is 38.4 Å². The number of thioether (sulfide) groups is 4. The maximum absolute atomic E-state index is 12.4. The zero-order valence-electron chi connectivity index (χ0n) is 45.4. The molecule has 0 radical (unpaired) electrons. The molecule has 0 heterocycles.